The first kappa shape index (κ1) is 11.8. The predicted molar refractivity (Wildman–Crippen MR) is 55.3 cm³/mol. The minimum atomic E-state index is -4.50. The number of halogens is 3. The molecule has 0 amide bonds. The van der Waals surface area contributed by atoms with E-state index >= 15 is 0 Å². The SMILES string of the molecule is COc1ccc(NC(=S)C(F)(F)F)cc1. The van der Waals surface area contributed by atoms with Crippen LogP contribution in [0.3, 0.4) is 0 Å². The van der Waals surface area contributed by atoms with Gasteiger partial charge < -0.3 is 10.1 Å². The molecule has 0 aliphatic rings. The van der Waals surface area contributed by atoms with Crippen molar-refractivity contribution in [3.05, 3.63) is 24.3 Å². The molecule has 1 aromatic rings. The maximum Gasteiger partial charge on any atom is 0.441 e. The van der Waals surface area contributed by atoms with Gasteiger partial charge in [0.2, 0.25) is 0 Å². The summed E-state index contributed by atoms with van der Waals surface area (Å²) in [5.74, 6) is 0.568. The Labute approximate surface area is 90.0 Å². The number of thiocarbonyl (C=S) groups is 1. The molecule has 0 aliphatic heterocycles. The summed E-state index contributed by atoms with van der Waals surface area (Å²) < 4.78 is 41.0. The normalized spacial score (nSPS) is 10.9. The van der Waals surface area contributed by atoms with Crippen molar-refractivity contribution in [2.45, 2.75) is 6.18 Å². The van der Waals surface area contributed by atoms with Crippen LogP contribution in [0.1, 0.15) is 0 Å². The van der Waals surface area contributed by atoms with Crippen LogP contribution in [0.2, 0.25) is 0 Å². The molecule has 82 valence electrons. The first-order valence-corrected chi connectivity index (χ1v) is 4.36. The predicted octanol–water partition coefficient (Wildman–Crippen LogP) is 3.00. The Balaban J connectivity index is 2.70. The number of hydrogen-bond donors (Lipinski definition) is 1. The van der Waals surface area contributed by atoms with Crippen LogP contribution >= 0.6 is 12.2 Å². The standard InChI is InChI=1S/C9H8F3NOS/c1-14-7-4-2-6(3-5-7)13-8(15)9(10,11)12/h2-5H,1H3,(H,13,15). The molecule has 2 nitrogen and oxygen atoms in total. The van der Waals surface area contributed by atoms with Gasteiger partial charge in [0, 0.05) is 5.69 Å². The van der Waals surface area contributed by atoms with Gasteiger partial charge in [0.15, 0.2) is 4.99 Å². The van der Waals surface area contributed by atoms with Crippen LogP contribution in [-0.2, 0) is 0 Å². The summed E-state index contributed by atoms with van der Waals surface area (Å²) in [5.41, 5.74) is 0.276. The molecule has 0 atom stereocenters. The van der Waals surface area contributed by atoms with Gasteiger partial charge in [-0.05, 0) is 24.3 Å². The van der Waals surface area contributed by atoms with E-state index in [4.69, 9.17) is 4.74 Å². The van der Waals surface area contributed by atoms with Crippen molar-refractivity contribution in [3.63, 3.8) is 0 Å². The smallest absolute Gasteiger partial charge is 0.441 e. The summed E-state index contributed by atoms with van der Waals surface area (Å²) in [6.45, 7) is 0. The Kier molecular flexibility index (Phi) is 3.52. The van der Waals surface area contributed by atoms with E-state index in [1.165, 1.54) is 19.2 Å². The number of benzene rings is 1. The van der Waals surface area contributed by atoms with E-state index in [9.17, 15) is 13.2 Å². The van der Waals surface area contributed by atoms with Crippen molar-refractivity contribution in [2.24, 2.45) is 0 Å². The lowest BCUT2D eigenvalue weighted by molar-refractivity contribution is -0.0562. The highest BCUT2D eigenvalue weighted by Gasteiger charge is 2.34. The zero-order valence-electron chi connectivity index (χ0n) is 7.76. The molecule has 15 heavy (non-hydrogen) atoms. The van der Waals surface area contributed by atoms with Crippen molar-refractivity contribution < 1.29 is 17.9 Å². The van der Waals surface area contributed by atoms with Gasteiger partial charge in [-0.25, -0.2) is 0 Å². The fourth-order valence-corrected chi connectivity index (χ4v) is 0.994. The average molecular weight is 235 g/mol. The molecule has 0 fully saturated rings. The number of rotatable bonds is 2. The molecule has 0 aromatic heterocycles. The molecule has 0 bridgehead atoms. The Morgan fingerprint density at radius 2 is 1.80 bits per heavy atom. The lowest BCUT2D eigenvalue weighted by atomic mass is 10.3. The number of hydrogen-bond acceptors (Lipinski definition) is 2. The highest BCUT2D eigenvalue weighted by molar-refractivity contribution is 7.80. The van der Waals surface area contributed by atoms with Gasteiger partial charge in [0.05, 0.1) is 7.11 Å². The van der Waals surface area contributed by atoms with E-state index in [0.717, 1.165) is 0 Å². The van der Waals surface area contributed by atoms with E-state index < -0.39 is 11.2 Å². The van der Waals surface area contributed by atoms with Crippen LogP contribution in [0.4, 0.5) is 18.9 Å². The van der Waals surface area contributed by atoms with Gasteiger partial charge in [0.25, 0.3) is 0 Å². The summed E-state index contributed by atoms with van der Waals surface area (Å²) in [6, 6.07) is 6.00. The van der Waals surface area contributed by atoms with Crippen LogP contribution in [0.25, 0.3) is 0 Å². The van der Waals surface area contributed by atoms with Gasteiger partial charge in [-0.15, -0.1) is 0 Å². The first-order valence-electron chi connectivity index (χ1n) is 3.95. The molecule has 1 aromatic carbocycles. The van der Waals surface area contributed by atoms with Gasteiger partial charge in [-0.2, -0.15) is 13.2 Å². The van der Waals surface area contributed by atoms with E-state index in [0.29, 0.717) is 5.75 Å². The molecule has 0 unspecified atom stereocenters. The Hall–Kier alpha value is -1.30. The zero-order chi connectivity index (χ0) is 11.5. The number of alkyl halides is 3. The third-order valence-electron chi connectivity index (χ3n) is 1.61. The minimum absolute atomic E-state index is 0.276. The lowest BCUT2D eigenvalue weighted by Crippen LogP contribution is -2.27. The third kappa shape index (κ3) is 3.39. The Morgan fingerprint density at radius 1 is 1.27 bits per heavy atom. The molecule has 1 N–H and O–H groups in total. The lowest BCUT2D eigenvalue weighted by Gasteiger charge is -2.10. The molecule has 0 saturated heterocycles. The summed E-state index contributed by atoms with van der Waals surface area (Å²) in [5, 5.41) is 2.08. The van der Waals surface area contributed by atoms with Crippen molar-refractivity contribution in [1.82, 2.24) is 0 Å². The summed E-state index contributed by atoms with van der Waals surface area (Å²) in [4.78, 5) is -1.16. The van der Waals surface area contributed by atoms with Gasteiger partial charge in [0.1, 0.15) is 5.75 Å². The molecular weight excluding hydrogens is 227 g/mol. The number of anilines is 1. The van der Waals surface area contributed by atoms with E-state index in [1.54, 1.807) is 12.1 Å². The van der Waals surface area contributed by atoms with E-state index in [1.807, 2.05) is 0 Å². The first-order chi connectivity index (χ1) is 6.93. The molecule has 0 heterocycles. The highest BCUT2D eigenvalue weighted by Crippen LogP contribution is 2.21. The monoisotopic (exact) mass is 235 g/mol. The van der Waals surface area contributed by atoms with Crippen LogP contribution in [0.5, 0.6) is 5.75 Å². The zero-order valence-corrected chi connectivity index (χ0v) is 8.58. The van der Waals surface area contributed by atoms with E-state index in [2.05, 4.69) is 17.5 Å². The summed E-state index contributed by atoms with van der Waals surface area (Å²) in [6.07, 6.45) is -4.50. The largest absolute Gasteiger partial charge is 0.497 e. The summed E-state index contributed by atoms with van der Waals surface area (Å²) in [7, 11) is 1.47. The van der Waals surface area contributed by atoms with Gasteiger partial charge in [-0.3, -0.25) is 0 Å². The molecule has 0 saturated carbocycles. The van der Waals surface area contributed by atoms with Crippen molar-refractivity contribution in [1.29, 1.82) is 0 Å². The fraction of sp³-hybridized carbons (Fsp3) is 0.222. The second-order valence-electron chi connectivity index (χ2n) is 2.68. The van der Waals surface area contributed by atoms with Gasteiger partial charge in [-0.1, -0.05) is 12.2 Å². The van der Waals surface area contributed by atoms with Crippen LogP contribution in [-0.4, -0.2) is 18.3 Å². The Morgan fingerprint density at radius 3 is 2.20 bits per heavy atom. The minimum Gasteiger partial charge on any atom is -0.497 e. The molecule has 1 rings (SSSR count). The molecule has 0 spiro atoms. The van der Waals surface area contributed by atoms with Gasteiger partial charge >= 0.3 is 6.18 Å². The molecule has 6 heteroatoms. The highest BCUT2D eigenvalue weighted by atomic mass is 32.1. The maximum absolute atomic E-state index is 12.1. The quantitative estimate of drug-likeness (QED) is 0.796. The fourth-order valence-electron chi connectivity index (χ4n) is 0.876. The molecular formula is C9H8F3NOS. The maximum atomic E-state index is 12.1. The van der Waals surface area contributed by atoms with Crippen molar-refractivity contribution in [2.75, 3.05) is 12.4 Å². The van der Waals surface area contributed by atoms with E-state index in [-0.39, 0.29) is 5.69 Å². The topological polar surface area (TPSA) is 21.3 Å². The number of nitrogens with one attached hydrogen (secondary N) is 1. The summed E-state index contributed by atoms with van der Waals surface area (Å²) >= 11 is 4.17. The Bertz CT molecular complexity index is 347. The average Bonchev–Trinajstić information content (AvgIpc) is 2.17. The third-order valence-corrected chi connectivity index (χ3v) is 1.94. The van der Waals surface area contributed by atoms with Crippen molar-refractivity contribution in [3.8, 4) is 5.75 Å². The second-order valence-corrected chi connectivity index (χ2v) is 3.09. The van der Waals surface area contributed by atoms with Crippen LogP contribution in [0, 0.1) is 0 Å². The van der Waals surface area contributed by atoms with Crippen molar-refractivity contribution >= 4 is 22.9 Å². The molecule has 0 aliphatic carbocycles. The molecule has 0 radical (unpaired) electrons. The van der Waals surface area contributed by atoms with Crippen LogP contribution < -0.4 is 10.1 Å². The van der Waals surface area contributed by atoms with Crippen LogP contribution in [0.15, 0.2) is 24.3 Å². The number of ether oxygens (including phenoxy) is 1. The number of methoxy groups -OCH3 is 1. The second kappa shape index (κ2) is 4.48.